The third-order valence-corrected chi connectivity index (χ3v) is 7.16. The summed E-state index contributed by atoms with van der Waals surface area (Å²) in [5, 5.41) is 7.76. The fourth-order valence-electron chi connectivity index (χ4n) is 4.95. The lowest BCUT2D eigenvalue weighted by atomic mass is 9.98. The van der Waals surface area contributed by atoms with Crippen LogP contribution in [0.5, 0.6) is 0 Å². The molecule has 0 bridgehead atoms. The zero-order valence-corrected chi connectivity index (χ0v) is 23.3. The quantitative estimate of drug-likeness (QED) is 0.234. The molecule has 41 heavy (non-hydrogen) atoms. The average Bonchev–Trinajstić information content (AvgIpc) is 3.15. The van der Waals surface area contributed by atoms with Crippen LogP contribution in [0.2, 0.25) is 0 Å². The fraction of sp³-hybridized carbons (Fsp3) is 0.281. The van der Waals surface area contributed by atoms with Gasteiger partial charge in [-0.1, -0.05) is 43.3 Å². The van der Waals surface area contributed by atoms with Gasteiger partial charge in [-0.2, -0.15) is 0 Å². The van der Waals surface area contributed by atoms with Gasteiger partial charge in [-0.05, 0) is 72.0 Å². The molecule has 6 N–H and O–H groups in total. The fourth-order valence-corrected chi connectivity index (χ4v) is 4.95. The Bertz CT molecular complexity index is 1500. The van der Waals surface area contributed by atoms with Gasteiger partial charge in [0.2, 0.25) is 0 Å². The van der Waals surface area contributed by atoms with Crippen LogP contribution >= 0.6 is 0 Å². The maximum absolute atomic E-state index is 13.5. The molecule has 0 aliphatic carbocycles. The molecular formula is C32H36N6O3. The van der Waals surface area contributed by atoms with Crippen LogP contribution < -0.4 is 22.1 Å². The summed E-state index contributed by atoms with van der Waals surface area (Å²) in [6.45, 7) is 4.93. The number of hydroxylamine groups is 2. The molecule has 0 atom stereocenters. The minimum Gasteiger partial charge on any atom is -0.399 e. The molecule has 0 fully saturated rings. The molecule has 0 radical (unpaired) electrons. The van der Waals surface area contributed by atoms with Crippen molar-refractivity contribution in [2.75, 3.05) is 18.8 Å². The van der Waals surface area contributed by atoms with E-state index in [2.05, 4.69) is 33.8 Å². The average molecular weight is 553 g/mol. The van der Waals surface area contributed by atoms with E-state index in [1.807, 2.05) is 19.1 Å². The van der Waals surface area contributed by atoms with Crippen LogP contribution in [0.25, 0.3) is 6.08 Å². The van der Waals surface area contributed by atoms with Crippen molar-refractivity contribution in [3.63, 3.8) is 0 Å². The number of nitrogens with zero attached hydrogens (tertiary/aromatic N) is 2. The lowest BCUT2D eigenvalue weighted by Crippen LogP contribution is -2.34. The lowest BCUT2D eigenvalue weighted by Gasteiger charge is -2.22. The topological polar surface area (TPSA) is 135 Å². The molecule has 0 spiro atoms. The van der Waals surface area contributed by atoms with Crippen LogP contribution in [0.3, 0.4) is 0 Å². The van der Waals surface area contributed by atoms with Crippen LogP contribution in [0.15, 0.2) is 71.2 Å². The third-order valence-electron chi connectivity index (χ3n) is 7.16. The van der Waals surface area contributed by atoms with Crippen molar-refractivity contribution in [2.24, 2.45) is 10.7 Å². The standard InChI is InChI=1S/C32H36N6O3/c1-2-13-38(41-20-21-4-9-28(33)10-5-21)32(40)27-15-24-7-8-25(16-29(24)37-30(34)17-27)31(39)36-18-22-3-6-26-19-35-12-11-23(26)14-22/h3-10,14-16,35H,2,11-13,17-20,33H2,1H3,(H2,34,37)(H,36,39). The van der Waals surface area contributed by atoms with E-state index in [1.165, 1.54) is 16.2 Å². The Hall–Kier alpha value is -4.47. The molecule has 3 aromatic rings. The largest absolute Gasteiger partial charge is 0.399 e. The SMILES string of the molecule is CCCN(OCc1ccc(N)cc1)C(=O)C1=Cc2ccc(C(=O)NCc3ccc4c(c3)CCNC4)cc2N=C(N)C1. The van der Waals surface area contributed by atoms with Gasteiger partial charge in [-0.15, -0.1) is 0 Å². The third kappa shape index (κ3) is 7.00. The highest BCUT2D eigenvalue weighted by Crippen LogP contribution is 2.29. The molecule has 2 aliphatic heterocycles. The normalized spacial score (nSPS) is 14.2. The van der Waals surface area contributed by atoms with Crippen molar-refractivity contribution in [1.29, 1.82) is 0 Å². The van der Waals surface area contributed by atoms with Crippen molar-refractivity contribution in [1.82, 2.24) is 15.7 Å². The van der Waals surface area contributed by atoms with Gasteiger partial charge in [0.15, 0.2) is 0 Å². The first-order valence-electron chi connectivity index (χ1n) is 14.0. The Labute approximate surface area is 240 Å². The zero-order valence-electron chi connectivity index (χ0n) is 23.3. The van der Waals surface area contributed by atoms with Crippen LogP contribution in [-0.2, 0) is 35.7 Å². The second kappa shape index (κ2) is 12.8. The maximum Gasteiger partial charge on any atom is 0.273 e. The maximum atomic E-state index is 13.5. The highest BCUT2D eigenvalue weighted by molar-refractivity contribution is 6.05. The molecule has 5 rings (SSSR count). The zero-order chi connectivity index (χ0) is 28.8. The number of benzene rings is 3. The molecule has 212 valence electrons. The van der Waals surface area contributed by atoms with Crippen molar-refractivity contribution in [3.8, 4) is 0 Å². The number of nitrogen functional groups attached to an aromatic ring is 1. The highest BCUT2D eigenvalue weighted by Gasteiger charge is 2.23. The number of nitrogens with two attached hydrogens (primary N) is 2. The lowest BCUT2D eigenvalue weighted by molar-refractivity contribution is -0.187. The summed E-state index contributed by atoms with van der Waals surface area (Å²) in [5.41, 5.74) is 19.5. The number of hydrogen-bond acceptors (Lipinski definition) is 7. The molecule has 0 unspecified atom stereocenters. The number of nitrogens with one attached hydrogen (secondary N) is 2. The van der Waals surface area contributed by atoms with E-state index in [9.17, 15) is 9.59 Å². The van der Waals surface area contributed by atoms with Gasteiger partial charge in [0.05, 0.1) is 5.69 Å². The number of hydrogen-bond donors (Lipinski definition) is 4. The van der Waals surface area contributed by atoms with E-state index in [4.69, 9.17) is 16.3 Å². The predicted molar refractivity (Wildman–Crippen MR) is 161 cm³/mol. The number of carbonyl (C=O) groups excluding carboxylic acids is 2. The Morgan fingerprint density at radius 2 is 1.83 bits per heavy atom. The molecule has 0 saturated heterocycles. The summed E-state index contributed by atoms with van der Waals surface area (Å²) in [7, 11) is 0. The second-order valence-electron chi connectivity index (χ2n) is 10.4. The Morgan fingerprint density at radius 3 is 2.63 bits per heavy atom. The van der Waals surface area contributed by atoms with Gasteiger partial charge in [-0.25, -0.2) is 10.1 Å². The Morgan fingerprint density at radius 1 is 1.02 bits per heavy atom. The van der Waals surface area contributed by atoms with E-state index in [1.54, 1.807) is 36.4 Å². The van der Waals surface area contributed by atoms with Crippen LogP contribution in [0.1, 0.15) is 57.9 Å². The van der Waals surface area contributed by atoms with Crippen molar-refractivity contribution < 1.29 is 14.4 Å². The van der Waals surface area contributed by atoms with Crippen molar-refractivity contribution in [2.45, 2.75) is 45.9 Å². The van der Waals surface area contributed by atoms with Gasteiger partial charge >= 0.3 is 0 Å². The molecule has 0 saturated carbocycles. The second-order valence-corrected chi connectivity index (χ2v) is 10.4. The number of fused-ring (bicyclic) bond motifs is 2. The number of aliphatic imine (C=N–C) groups is 1. The molecule has 2 aliphatic rings. The van der Waals surface area contributed by atoms with Crippen LogP contribution in [0.4, 0.5) is 11.4 Å². The van der Waals surface area contributed by atoms with Gasteiger partial charge in [0.25, 0.3) is 11.8 Å². The Balaban J connectivity index is 1.28. The molecule has 2 amide bonds. The van der Waals surface area contributed by atoms with Crippen LogP contribution in [-0.4, -0.2) is 35.8 Å². The van der Waals surface area contributed by atoms with Crippen molar-refractivity contribution >= 4 is 35.1 Å². The molecular weight excluding hydrogens is 516 g/mol. The monoisotopic (exact) mass is 552 g/mol. The number of anilines is 1. The summed E-state index contributed by atoms with van der Waals surface area (Å²) in [5.74, 6) is -0.175. The summed E-state index contributed by atoms with van der Waals surface area (Å²) >= 11 is 0. The smallest absolute Gasteiger partial charge is 0.273 e. The summed E-state index contributed by atoms with van der Waals surface area (Å²) < 4.78 is 0. The first-order valence-corrected chi connectivity index (χ1v) is 14.0. The van der Waals surface area contributed by atoms with Gasteiger partial charge < -0.3 is 22.1 Å². The van der Waals surface area contributed by atoms with E-state index in [-0.39, 0.29) is 24.8 Å². The van der Waals surface area contributed by atoms with E-state index < -0.39 is 0 Å². The minimum atomic E-state index is -0.268. The molecule has 3 aromatic carbocycles. The summed E-state index contributed by atoms with van der Waals surface area (Å²) in [4.78, 5) is 36.9. The van der Waals surface area contributed by atoms with Gasteiger partial charge in [0, 0.05) is 48.4 Å². The number of amides is 2. The highest BCUT2D eigenvalue weighted by atomic mass is 16.7. The van der Waals surface area contributed by atoms with Crippen molar-refractivity contribution in [3.05, 3.63) is 99.6 Å². The first kappa shape index (κ1) is 28.1. The number of carbonyl (C=O) groups is 2. The van der Waals surface area contributed by atoms with E-state index in [0.29, 0.717) is 47.0 Å². The minimum absolute atomic E-state index is 0.175. The Kier molecular flexibility index (Phi) is 8.76. The van der Waals surface area contributed by atoms with Gasteiger partial charge in [0.1, 0.15) is 12.4 Å². The molecule has 0 aromatic heterocycles. The van der Waals surface area contributed by atoms with E-state index in [0.717, 1.165) is 37.1 Å². The first-order chi connectivity index (χ1) is 19.9. The molecule has 9 heteroatoms. The summed E-state index contributed by atoms with van der Waals surface area (Å²) in [6, 6.07) is 18.9. The van der Waals surface area contributed by atoms with Crippen LogP contribution in [0, 0.1) is 0 Å². The number of rotatable bonds is 9. The number of amidine groups is 1. The van der Waals surface area contributed by atoms with E-state index >= 15 is 0 Å². The molecule has 9 nitrogen and oxygen atoms in total. The summed E-state index contributed by atoms with van der Waals surface area (Å²) in [6.07, 6.45) is 3.67. The molecule has 2 heterocycles. The van der Waals surface area contributed by atoms with Gasteiger partial charge in [-0.3, -0.25) is 14.4 Å². The predicted octanol–water partition coefficient (Wildman–Crippen LogP) is 3.99.